The minimum absolute atomic E-state index is 0.0524. The highest BCUT2D eigenvalue weighted by molar-refractivity contribution is 6.05. The number of methoxy groups -OCH3 is 1. The summed E-state index contributed by atoms with van der Waals surface area (Å²) in [5, 5.41) is 0.607. The van der Waals surface area contributed by atoms with Crippen molar-refractivity contribution in [2.45, 2.75) is 26.1 Å². The molecular formula is C25H26N2O5. The minimum atomic E-state index is -0.578. The molecule has 4 rings (SSSR count). The van der Waals surface area contributed by atoms with Crippen LogP contribution in [0.3, 0.4) is 0 Å². The van der Waals surface area contributed by atoms with Gasteiger partial charge in [-0.1, -0.05) is 30.3 Å². The number of hydrogen-bond donors (Lipinski definition) is 0. The molecule has 1 amide bonds. The van der Waals surface area contributed by atoms with E-state index in [2.05, 4.69) is 0 Å². The van der Waals surface area contributed by atoms with Crippen LogP contribution in [-0.4, -0.2) is 60.8 Å². The molecule has 32 heavy (non-hydrogen) atoms. The highest BCUT2D eigenvalue weighted by Gasteiger charge is 2.27. The normalized spacial score (nSPS) is 18.4. The fourth-order valence-corrected chi connectivity index (χ4v) is 3.94. The zero-order chi connectivity index (χ0) is 22.7. The van der Waals surface area contributed by atoms with E-state index in [-0.39, 0.29) is 24.7 Å². The van der Waals surface area contributed by atoms with Crippen LogP contribution in [0, 0.1) is 0 Å². The van der Waals surface area contributed by atoms with E-state index in [0.29, 0.717) is 41.0 Å². The van der Waals surface area contributed by atoms with Gasteiger partial charge in [0.2, 0.25) is 0 Å². The van der Waals surface area contributed by atoms with E-state index in [1.807, 2.05) is 44.2 Å². The first kappa shape index (κ1) is 21.8. The van der Waals surface area contributed by atoms with Gasteiger partial charge < -0.3 is 19.1 Å². The van der Waals surface area contributed by atoms with Crippen LogP contribution in [-0.2, 0) is 14.3 Å². The Morgan fingerprint density at radius 3 is 2.47 bits per heavy atom. The highest BCUT2D eigenvalue weighted by Crippen LogP contribution is 2.28. The lowest BCUT2D eigenvalue weighted by molar-refractivity contribution is -0.146. The van der Waals surface area contributed by atoms with Gasteiger partial charge in [0.15, 0.2) is 6.61 Å². The fourth-order valence-electron chi connectivity index (χ4n) is 3.94. The molecule has 0 radical (unpaired) electrons. The standard InChI is InChI=1S/C25H26N2O5/c1-16-13-27(14-17(2)32-16)24(28)15-31-25(29)21-12-23(18-7-5-4-6-8-18)26-22-10-9-19(30-3)11-20(21)22/h4-12,16-17H,13-15H2,1-3H3/t16-,17-/m1/s1. The summed E-state index contributed by atoms with van der Waals surface area (Å²) in [7, 11) is 1.56. The SMILES string of the molecule is COc1ccc2nc(-c3ccccc3)cc(C(=O)OCC(=O)N3C[C@@H](C)O[C@H](C)C3)c2c1. The van der Waals surface area contributed by atoms with Crippen LogP contribution in [0.2, 0.25) is 0 Å². The predicted octanol–water partition coefficient (Wildman–Crippen LogP) is 3.70. The number of amides is 1. The van der Waals surface area contributed by atoms with Crippen LogP contribution >= 0.6 is 0 Å². The van der Waals surface area contributed by atoms with Crippen molar-refractivity contribution >= 4 is 22.8 Å². The Balaban J connectivity index is 1.61. The second-order valence-corrected chi connectivity index (χ2v) is 7.94. The molecule has 1 aliphatic heterocycles. The first-order valence-corrected chi connectivity index (χ1v) is 10.6. The summed E-state index contributed by atoms with van der Waals surface area (Å²) in [5.41, 5.74) is 2.51. The zero-order valence-electron chi connectivity index (χ0n) is 18.4. The Morgan fingerprint density at radius 1 is 1.06 bits per heavy atom. The fraction of sp³-hybridized carbons (Fsp3) is 0.320. The third-order valence-electron chi connectivity index (χ3n) is 5.40. The van der Waals surface area contributed by atoms with Crippen molar-refractivity contribution in [2.75, 3.05) is 26.8 Å². The molecular weight excluding hydrogens is 408 g/mol. The van der Waals surface area contributed by atoms with E-state index in [1.54, 1.807) is 36.3 Å². The number of hydrogen-bond acceptors (Lipinski definition) is 6. The number of aromatic nitrogens is 1. The maximum absolute atomic E-state index is 13.1. The maximum Gasteiger partial charge on any atom is 0.339 e. The molecule has 1 saturated heterocycles. The number of fused-ring (bicyclic) bond motifs is 1. The van der Waals surface area contributed by atoms with Gasteiger partial charge in [0.05, 0.1) is 36.1 Å². The van der Waals surface area contributed by atoms with Crippen molar-refractivity contribution in [2.24, 2.45) is 0 Å². The topological polar surface area (TPSA) is 78.0 Å². The number of esters is 1. The molecule has 2 atom stereocenters. The highest BCUT2D eigenvalue weighted by atomic mass is 16.5. The van der Waals surface area contributed by atoms with Crippen molar-refractivity contribution < 1.29 is 23.8 Å². The molecule has 2 heterocycles. The smallest absolute Gasteiger partial charge is 0.339 e. The lowest BCUT2D eigenvalue weighted by Gasteiger charge is -2.35. The van der Waals surface area contributed by atoms with Gasteiger partial charge >= 0.3 is 5.97 Å². The van der Waals surface area contributed by atoms with Crippen LogP contribution in [0.15, 0.2) is 54.6 Å². The van der Waals surface area contributed by atoms with E-state index >= 15 is 0 Å². The third kappa shape index (κ3) is 4.73. The van der Waals surface area contributed by atoms with Gasteiger partial charge in [0.1, 0.15) is 5.75 Å². The Labute approximate surface area is 186 Å². The maximum atomic E-state index is 13.1. The van der Waals surface area contributed by atoms with Gasteiger partial charge in [-0.3, -0.25) is 4.79 Å². The number of carbonyl (C=O) groups excluding carboxylic acids is 2. The molecule has 2 aromatic carbocycles. The van der Waals surface area contributed by atoms with E-state index in [0.717, 1.165) is 5.56 Å². The molecule has 0 N–H and O–H groups in total. The largest absolute Gasteiger partial charge is 0.497 e. The van der Waals surface area contributed by atoms with Gasteiger partial charge in [-0.25, -0.2) is 9.78 Å². The minimum Gasteiger partial charge on any atom is -0.497 e. The van der Waals surface area contributed by atoms with E-state index < -0.39 is 5.97 Å². The molecule has 0 spiro atoms. The lowest BCUT2D eigenvalue weighted by Crippen LogP contribution is -2.49. The predicted molar refractivity (Wildman–Crippen MR) is 121 cm³/mol. The molecule has 0 bridgehead atoms. The van der Waals surface area contributed by atoms with Crippen LogP contribution < -0.4 is 4.74 Å². The van der Waals surface area contributed by atoms with Crippen molar-refractivity contribution in [1.82, 2.24) is 9.88 Å². The summed E-state index contributed by atoms with van der Waals surface area (Å²) in [5.74, 6) is -0.210. The summed E-state index contributed by atoms with van der Waals surface area (Å²) in [6.45, 7) is 4.47. The van der Waals surface area contributed by atoms with Crippen molar-refractivity contribution in [3.63, 3.8) is 0 Å². The molecule has 0 saturated carbocycles. The van der Waals surface area contributed by atoms with Gasteiger partial charge in [-0.15, -0.1) is 0 Å². The van der Waals surface area contributed by atoms with Gasteiger partial charge in [-0.2, -0.15) is 0 Å². The molecule has 0 aliphatic carbocycles. The number of ether oxygens (including phenoxy) is 3. The molecule has 7 nitrogen and oxygen atoms in total. The number of morpholine rings is 1. The lowest BCUT2D eigenvalue weighted by atomic mass is 10.0. The molecule has 166 valence electrons. The molecule has 1 fully saturated rings. The van der Waals surface area contributed by atoms with Crippen LogP contribution in [0.5, 0.6) is 5.75 Å². The first-order valence-electron chi connectivity index (χ1n) is 10.6. The van der Waals surface area contributed by atoms with Gasteiger partial charge in [0, 0.05) is 24.0 Å². The monoisotopic (exact) mass is 434 g/mol. The second kappa shape index (κ2) is 9.36. The number of rotatable bonds is 5. The zero-order valence-corrected chi connectivity index (χ0v) is 18.4. The molecule has 3 aromatic rings. The molecule has 0 unspecified atom stereocenters. The Kier molecular flexibility index (Phi) is 6.37. The van der Waals surface area contributed by atoms with E-state index in [4.69, 9.17) is 19.2 Å². The molecule has 7 heteroatoms. The number of benzene rings is 2. The molecule has 1 aromatic heterocycles. The van der Waals surface area contributed by atoms with Crippen LogP contribution in [0.1, 0.15) is 24.2 Å². The van der Waals surface area contributed by atoms with Crippen molar-refractivity contribution in [3.05, 3.63) is 60.2 Å². The second-order valence-electron chi connectivity index (χ2n) is 7.94. The summed E-state index contributed by atoms with van der Waals surface area (Å²) < 4.78 is 16.4. The number of carbonyl (C=O) groups is 2. The quantitative estimate of drug-likeness (QED) is 0.570. The first-order chi connectivity index (χ1) is 15.4. The Morgan fingerprint density at radius 2 is 1.78 bits per heavy atom. The Hall–Kier alpha value is -3.45. The number of nitrogens with zero attached hydrogens (tertiary/aromatic N) is 2. The summed E-state index contributed by atoms with van der Waals surface area (Å²) in [4.78, 5) is 32.1. The average molecular weight is 434 g/mol. The van der Waals surface area contributed by atoms with Crippen molar-refractivity contribution in [3.8, 4) is 17.0 Å². The third-order valence-corrected chi connectivity index (χ3v) is 5.40. The summed E-state index contributed by atoms with van der Waals surface area (Å²) >= 11 is 0. The Bertz CT molecular complexity index is 1120. The summed E-state index contributed by atoms with van der Waals surface area (Å²) in [6, 6.07) is 16.6. The summed E-state index contributed by atoms with van der Waals surface area (Å²) in [6.07, 6.45) is -0.105. The van der Waals surface area contributed by atoms with E-state index in [1.165, 1.54) is 0 Å². The van der Waals surface area contributed by atoms with Crippen LogP contribution in [0.25, 0.3) is 22.2 Å². The number of pyridine rings is 1. The van der Waals surface area contributed by atoms with Crippen LogP contribution in [0.4, 0.5) is 0 Å². The molecule has 1 aliphatic rings. The van der Waals surface area contributed by atoms with Gasteiger partial charge in [-0.05, 0) is 38.1 Å². The van der Waals surface area contributed by atoms with Gasteiger partial charge in [0.25, 0.3) is 5.91 Å². The van der Waals surface area contributed by atoms with Crippen molar-refractivity contribution in [1.29, 1.82) is 0 Å². The average Bonchev–Trinajstić information content (AvgIpc) is 2.81. The van der Waals surface area contributed by atoms with E-state index in [9.17, 15) is 9.59 Å².